The Bertz CT molecular complexity index is 400. The van der Waals surface area contributed by atoms with E-state index in [2.05, 4.69) is 0 Å². The predicted molar refractivity (Wildman–Crippen MR) is 63.0 cm³/mol. The summed E-state index contributed by atoms with van der Waals surface area (Å²) in [7, 11) is 0. The van der Waals surface area contributed by atoms with Gasteiger partial charge in [-0.2, -0.15) is 8.78 Å². The summed E-state index contributed by atoms with van der Waals surface area (Å²) in [5, 5.41) is 0. The zero-order valence-electron chi connectivity index (χ0n) is 10.3. The highest BCUT2D eigenvalue weighted by molar-refractivity contribution is 5.85. The topological polar surface area (TPSA) is 20.3 Å². The fourth-order valence-corrected chi connectivity index (χ4v) is 1.75. The number of hydrogen-bond acceptors (Lipinski definition) is 1. The molecule has 94 valence electrons. The van der Waals surface area contributed by atoms with Crippen LogP contribution in [-0.4, -0.2) is 23.9 Å². The Morgan fingerprint density at radius 1 is 1.24 bits per heavy atom. The van der Waals surface area contributed by atoms with Gasteiger partial charge in [0.15, 0.2) is 0 Å². The van der Waals surface area contributed by atoms with Gasteiger partial charge in [0.1, 0.15) is 0 Å². The van der Waals surface area contributed by atoms with Gasteiger partial charge >= 0.3 is 5.92 Å². The average Bonchev–Trinajstić information content (AvgIpc) is 2.30. The first-order valence-electron chi connectivity index (χ1n) is 5.68. The van der Waals surface area contributed by atoms with Crippen molar-refractivity contribution in [2.24, 2.45) is 0 Å². The molecule has 0 bridgehead atoms. The number of amides is 1. The van der Waals surface area contributed by atoms with Gasteiger partial charge in [0.25, 0.3) is 5.91 Å². The first-order chi connectivity index (χ1) is 7.95. The van der Waals surface area contributed by atoms with E-state index in [-0.39, 0.29) is 18.7 Å². The lowest BCUT2D eigenvalue weighted by Crippen LogP contribution is -2.42. The molecule has 0 spiro atoms. The number of benzene rings is 1. The van der Waals surface area contributed by atoms with Gasteiger partial charge in [0, 0.05) is 18.7 Å². The number of likely N-dealkylation sites (N-methyl/N-ethyl adjacent to an activating group) is 1. The van der Waals surface area contributed by atoms with E-state index in [4.69, 9.17) is 0 Å². The van der Waals surface area contributed by atoms with Crippen molar-refractivity contribution < 1.29 is 13.6 Å². The Morgan fingerprint density at radius 2 is 1.76 bits per heavy atom. The quantitative estimate of drug-likeness (QED) is 0.793. The highest BCUT2D eigenvalue weighted by atomic mass is 19.3. The molecule has 1 rings (SSSR count). The molecule has 17 heavy (non-hydrogen) atoms. The Labute approximate surface area is 100 Å². The van der Waals surface area contributed by atoms with E-state index in [0.29, 0.717) is 5.56 Å². The van der Waals surface area contributed by atoms with Crippen molar-refractivity contribution in [2.75, 3.05) is 13.1 Å². The molecule has 1 amide bonds. The first-order valence-corrected chi connectivity index (χ1v) is 5.68. The maximum atomic E-state index is 14.0. The molecule has 0 aliphatic heterocycles. The number of aryl methyl sites for hydroxylation is 1. The van der Waals surface area contributed by atoms with Crippen LogP contribution in [0.4, 0.5) is 8.78 Å². The van der Waals surface area contributed by atoms with Crippen molar-refractivity contribution in [1.82, 2.24) is 4.90 Å². The zero-order chi connectivity index (χ0) is 13.1. The Balaban J connectivity index is 3.11. The molecule has 0 aliphatic rings. The number of nitrogens with zero attached hydrogens (tertiary/aromatic N) is 1. The Hall–Kier alpha value is -1.45. The highest BCUT2D eigenvalue weighted by Crippen LogP contribution is 2.32. The first kappa shape index (κ1) is 13.6. The second-order valence-corrected chi connectivity index (χ2v) is 3.87. The summed E-state index contributed by atoms with van der Waals surface area (Å²) < 4.78 is 28.1. The van der Waals surface area contributed by atoms with E-state index >= 15 is 0 Å². The van der Waals surface area contributed by atoms with Crippen LogP contribution in [0.15, 0.2) is 24.3 Å². The van der Waals surface area contributed by atoms with Gasteiger partial charge in [-0.25, -0.2) is 0 Å². The molecule has 0 fully saturated rings. The Kier molecular flexibility index (Phi) is 4.21. The monoisotopic (exact) mass is 241 g/mol. The number of carbonyl (C=O) groups excluding carboxylic acids is 1. The molecule has 0 aliphatic carbocycles. The SMILES string of the molecule is CCN(CC)C(=O)C(F)(F)c1ccccc1C. The van der Waals surface area contributed by atoms with Crippen LogP contribution in [0.2, 0.25) is 0 Å². The average molecular weight is 241 g/mol. The van der Waals surface area contributed by atoms with E-state index < -0.39 is 11.8 Å². The number of hydrogen-bond donors (Lipinski definition) is 0. The molecule has 0 heterocycles. The molecule has 0 N–H and O–H groups in total. The lowest BCUT2D eigenvalue weighted by Gasteiger charge is -2.25. The van der Waals surface area contributed by atoms with Gasteiger partial charge in [0.05, 0.1) is 0 Å². The van der Waals surface area contributed by atoms with Crippen LogP contribution in [0.25, 0.3) is 0 Å². The number of rotatable bonds is 4. The third-order valence-corrected chi connectivity index (χ3v) is 2.80. The minimum atomic E-state index is -3.45. The minimum Gasteiger partial charge on any atom is -0.338 e. The largest absolute Gasteiger partial charge is 0.350 e. The zero-order valence-corrected chi connectivity index (χ0v) is 10.3. The van der Waals surface area contributed by atoms with Gasteiger partial charge in [-0.3, -0.25) is 4.79 Å². The highest BCUT2D eigenvalue weighted by Gasteiger charge is 2.43. The molecule has 0 aromatic heterocycles. The van der Waals surface area contributed by atoms with Crippen molar-refractivity contribution in [3.63, 3.8) is 0 Å². The summed E-state index contributed by atoms with van der Waals surface area (Å²) in [6, 6.07) is 6.08. The van der Waals surface area contributed by atoms with E-state index in [1.54, 1.807) is 32.9 Å². The summed E-state index contributed by atoms with van der Waals surface area (Å²) >= 11 is 0. The van der Waals surface area contributed by atoms with Crippen LogP contribution < -0.4 is 0 Å². The standard InChI is InChI=1S/C13H17F2NO/c1-4-16(5-2)12(17)13(14,15)11-9-7-6-8-10(11)3/h6-9H,4-5H2,1-3H3. The third-order valence-electron chi connectivity index (χ3n) is 2.80. The smallest absolute Gasteiger partial charge is 0.338 e. The van der Waals surface area contributed by atoms with Gasteiger partial charge in [0.2, 0.25) is 0 Å². The Morgan fingerprint density at radius 3 is 2.24 bits per heavy atom. The van der Waals surface area contributed by atoms with Crippen molar-refractivity contribution in [2.45, 2.75) is 26.7 Å². The maximum Gasteiger partial charge on any atom is 0.350 e. The van der Waals surface area contributed by atoms with Crippen LogP contribution in [0, 0.1) is 6.92 Å². The van der Waals surface area contributed by atoms with Crippen LogP contribution in [0.1, 0.15) is 25.0 Å². The number of carbonyl (C=O) groups is 1. The van der Waals surface area contributed by atoms with Crippen LogP contribution in [0.3, 0.4) is 0 Å². The van der Waals surface area contributed by atoms with Gasteiger partial charge < -0.3 is 4.90 Å². The molecule has 2 nitrogen and oxygen atoms in total. The van der Waals surface area contributed by atoms with Gasteiger partial charge in [-0.05, 0) is 26.3 Å². The molecular weight excluding hydrogens is 224 g/mol. The lowest BCUT2D eigenvalue weighted by molar-refractivity contribution is -0.158. The molecule has 1 aromatic carbocycles. The number of halogens is 2. The molecular formula is C13H17F2NO. The van der Waals surface area contributed by atoms with Gasteiger partial charge in [-0.1, -0.05) is 24.3 Å². The van der Waals surface area contributed by atoms with Crippen LogP contribution in [-0.2, 0) is 10.7 Å². The summed E-state index contributed by atoms with van der Waals surface area (Å²) in [5.74, 6) is -4.58. The van der Waals surface area contributed by atoms with Crippen LogP contribution in [0.5, 0.6) is 0 Å². The van der Waals surface area contributed by atoms with E-state index in [1.807, 2.05) is 0 Å². The second-order valence-electron chi connectivity index (χ2n) is 3.87. The second kappa shape index (κ2) is 5.25. The van der Waals surface area contributed by atoms with Crippen molar-refractivity contribution in [3.8, 4) is 0 Å². The maximum absolute atomic E-state index is 14.0. The molecule has 0 atom stereocenters. The predicted octanol–water partition coefficient (Wildman–Crippen LogP) is 2.96. The molecule has 1 aromatic rings. The van der Waals surface area contributed by atoms with Crippen molar-refractivity contribution in [1.29, 1.82) is 0 Å². The molecule has 0 radical (unpaired) electrons. The summed E-state index contributed by atoms with van der Waals surface area (Å²) in [4.78, 5) is 12.9. The van der Waals surface area contributed by atoms with Crippen molar-refractivity contribution >= 4 is 5.91 Å². The molecule has 0 unspecified atom stereocenters. The van der Waals surface area contributed by atoms with Crippen molar-refractivity contribution in [3.05, 3.63) is 35.4 Å². The summed E-state index contributed by atoms with van der Waals surface area (Å²) in [6.07, 6.45) is 0. The molecule has 4 heteroatoms. The van der Waals surface area contributed by atoms with Gasteiger partial charge in [-0.15, -0.1) is 0 Å². The third kappa shape index (κ3) is 2.62. The summed E-state index contributed by atoms with van der Waals surface area (Å²) in [6.45, 7) is 5.54. The minimum absolute atomic E-state index is 0.211. The normalized spacial score (nSPS) is 11.4. The molecule has 0 saturated heterocycles. The van der Waals surface area contributed by atoms with E-state index in [9.17, 15) is 13.6 Å². The fourth-order valence-electron chi connectivity index (χ4n) is 1.75. The van der Waals surface area contributed by atoms with E-state index in [1.165, 1.54) is 12.1 Å². The molecule has 0 saturated carbocycles. The lowest BCUT2D eigenvalue weighted by atomic mass is 10.0. The fraction of sp³-hybridized carbons (Fsp3) is 0.462. The number of alkyl halides is 2. The van der Waals surface area contributed by atoms with E-state index in [0.717, 1.165) is 4.90 Å². The summed E-state index contributed by atoms with van der Waals surface area (Å²) in [5.41, 5.74) is 0.218. The van der Waals surface area contributed by atoms with Crippen LogP contribution >= 0.6 is 0 Å².